The molecule has 0 saturated carbocycles. The Hall–Kier alpha value is -2.63. The molecule has 6 nitrogen and oxygen atoms in total. The Bertz CT molecular complexity index is 711. The van der Waals surface area contributed by atoms with Crippen LogP contribution in [0, 0.1) is 6.92 Å². The zero-order valence-corrected chi connectivity index (χ0v) is 11.0. The molecule has 6 heteroatoms. The highest BCUT2D eigenvalue weighted by Gasteiger charge is 2.13. The van der Waals surface area contributed by atoms with Crippen molar-refractivity contribution in [1.29, 1.82) is 0 Å². The number of aromatic amines is 1. The molecule has 0 aliphatic carbocycles. The van der Waals surface area contributed by atoms with Crippen molar-refractivity contribution in [1.82, 2.24) is 20.4 Å². The summed E-state index contributed by atoms with van der Waals surface area (Å²) in [5.41, 5.74) is 2.66. The third-order valence-corrected chi connectivity index (χ3v) is 3.04. The molecule has 2 aromatic heterocycles. The molecule has 2 heterocycles. The Morgan fingerprint density at radius 1 is 1.40 bits per heavy atom. The van der Waals surface area contributed by atoms with E-state index in [1.54, 1.807) is 6.92 Å². The third kappa shape index (κ3) is 2.40. The van der Waals surface area contributed by atoms with Crippen LogP contribution >= 0.6 is 0 Å². The average molecular weight is 270 g/mol. The Morgan fingerprint density at radius 2 is 2.25 bits per heavy atom. The van der Waals surface area contributed by atoms with Crippen molar-refractivity contribution in [2.75, 3.05) is 6.54 Å². The minimum absolute atomic E-state index is 0.254. The van der Waals surface area contributed by atoms with Gasteiger partial charge in [-0.3, -0.25) is 4.79 Å². The number of carbonyl (C=O) groups excluding carboxylic acids is 1. The molecule has 102 valence electrons. The number of benzene rings is 1. The van der Waals surface area contributed by atoms with E-state index in [9.17, 15) is 4.79 Å². The van der Waals surface area contributed by atoms with Gasteiger partial charge in [-0.2, -0.15) is 0 Å². The molecule has 0 saturated heterocycles. The van der Waals surface area contributed by atoms with Gasteiger partial charge in [0.1, 0.15) is 5.82 Å². The van der Waals surface area contributed by atoms with Gasteiger partial charge in [0.05, 0.1) is 17.2 Å². The van der Waals surface area contributed by atoms with Crippen LogP contribution in [0.25, 0.3) is 11.0 Å². The van der Waals surface area contributed by atoms with Crippen LogP contribution in [0.15, 0.2) is 35.0 Å². The van der Waals surface area contributed by atoms with Crippen LogP contribution in [0.1, 0.15) is 21.9 Å². The van der Waals surface area contributed by atoms with Gasteiger partial charge in [-0.1, -0.05) is 17.3 Å². The number of para-hydroxylation sites is 2. The zero-order valence-electron chi connectivity index (χ0n) is 11.0. The summed E-state index contributed by atoms with van der Waals surface area (Å²) < 4.78 is 4.89. The van der Waals surface area contributed by atoms with Crippen LogP contribution in [-0.2, 0) is 6.42 Å². The molecule has 3 aromatic rings. The molecule has 3 rings (SSSR count). The standard InChI is InChI=1S/C14H14N4O2/c1-9-8-16-20-13(9)14(19)15-7-6-12-17-10-4-2-3-5-11(10)18-12/h2-5,8H,6-7H2,1H3,(H,15,19)(H,17,18). The predicted octanol–water partition coefficient (Wildman–Crippen LogP) is 1.83. The van der Waals surface area contributed by atoms with Crippen molar-refractivity contribution >= 4 is 16.9 Å². The molecule has 0 fully saturated rings. The second-order valence-corrected chi connectivity index (χ2v) is 4.54. The predicted molar refractivity (Wildman–Crippen MR) is 73.4 cm³/mol. The first-order valence-electron chi connectivity index (χ1n) is 6.37. The summed E-state index contributed by atoms with van der Waals surface area (Å²) in [6, 6.07) is 7.83. The van der Waals surface area contributed by atoms with Crippen molar-refractivity contribution in [3.8, 4) is 0 Å². The summed E-state index contributed by atoms with van der Waals surface area (Å²) in [7, 11) is 0. The van der Waals surface area contributed by atoms with Gasteiger partial charge >= 0.3 is 0 Å². The quantitative estimate of drug-likeness (QED) is 0.757. The van der Waals surface area contributed by atoms with E-state index < -0.39 is 0 Å². The molecule has 0 spiro atoms. The number of amides is 1. The zero-order chi connectivity index (χ0) is 13.9. The summed E-state index contributed by atoms with van der Waals surface area (Å²) in [5, 5.41) is 6.37. The van der Waals surface area contributed by atoms with E-state index in [0.717, 1.165) is 22.4 Å². The van der Waals surface area contributed by atoms with E-state index in [2.05, 4.69) is 20.4 Å². The Balaban J connectivity index is 1.60. The van der Waals surface area contributed by atoms with Gasteiger partial charge in [-0.25, -0.2) is 4.98 Å². The first-order chi connectivity index (χ1) is 9.74. The fourth-order valence-electron chi connectivity index (χ4n) is 2.01. The highest BCUT2D eigenvalue weighted by Crippen LogP contribution is 2.10. The van der Waals surface area contributed by atoms with Crippen molar-refractivity contribution < 1.29 is 9.32 Å². The number of nitrogens with one attached hydrogen (secondary N) is 2. The van der Waals surface area contributed by atoms with E-state index in [1.165, 1.54) is 6.20 Å². The molecular weight excluding hydrogens is 256 g/mol. The van der Waals surface area contributed by atoms with Crippen molar-refractivity contribution in [2.45, 2.75) is 13.3 Å². The molecule has 1 amide bonds. The first kappa shape index (κ1) is 12.4. The lowest BCUT2D eigenvalue weighted by atomic mass is 10.3. The molecule has 20 heavy (non-hydrogen) atoms. The molecule has 0 aliphatic rings. The smallest absolute Gasteiger partial charge is 0.290 e. The lowest BCUT2D eigenvalue weighted by molar-refractivity contribution is 0.0916. The Kier molecular flexibility index (Phi) is 3.20. The fourth-order valence-corrected chi connectivity index (χ4v) is 2.01. The van der Waals surface area contributed by atoms with Gasteiger partial charge in [0, 0.05) is 18.5 Å². The fraction of sp³-hybridized carbons (Fsp3) is 0.214. The van der Waals surface area contributed by atoms with Crippen LogP contribution in [-0.4, -0.2) is 27.6 Å². The first-order valence-corrected chi connectivity index (χ1v) is 6.37. The van der Waals surface area contributed by atoms with Crippen molar-refractivity contribution in [3.63, 3.8) is 0 Å². The summed E-state index contributed by atoms with van der Waals surface area (Å²) in [5.74, 6) is 0.853. The SMILES string of the molecule is Cc1cnoc1C(=O)NCCc1nc2ccccc2[nH]1. The summed E-state index contributed by atoms with van der Waals surface area (Å²) in [6.07, 6.45) is 2.15. The third-order valence-electron chi connectivity index (χ3n) is 3.04. The van der Waals surface area contributed by atoms with Crippen molar-refractivity contribution in [2.24, 2.45) is 0 Å². The summed E-state index contributed by atoms with van der Waals surface area (Å²) >= 11 is 0. The molecule has 0 atom stereocenters. The van der Waals surface area contributed by atoms with E-state index in [0.29, 0.717) is 13.0 Å². The van der Waals surface area contributed by atoms with Gasteiger partial charge in [0.2, 0.25) is 5.76 Å². The van der Waals surface area contributed by atoms with E-state index in [1.807, 2.05) is 24.3 Å². The average Bonchev–Trinajstić information content (AvgIpc) is 3.04. The van der Waals surface area contributed by atoms with E-state index in [4.69, 9.17) is 4.52 Å². The number of imidazole rings is 1. The van der Waals surface area contributed by atoms with Gasteiger partial charge < -0.3 is 14.8 Å². The maximum atomic E-state index is 11.8. The molecule has 0 unspecified atom stereocenters. The number of aryl methyl sites for hydroxylation is 1. The van der Waals surface area contributed by atoms with Crippen LogP contribution in [0.3, 0.4) is 0 Å². The van der Waals surface area contributed by atoms with Crippen LogP contribution < -0.4 is 5.32 Å². The number of nitrogens with zero attached hydrogens (tertiary/aromatic N) is 2. The highest BCUT2D eigenvalue weighted by molar-refractivity contribution is 5.92. The van der Waals surface area contributed by atoms with Gasteiger partial charge in [-0.15, -0.1) is 0 Å². The largest absolute Gasteiger partial charge is 0.351 e. The number of hydrogen-bond acceptors (Lipinski definition) is 4. The second kappa shape index (κ2) is 5.16. The van der Waals surface area contributed by atoms with Gasteiger partial charge in [-0.05, 0) is 19.1 Å². The van der Waals surface area contributed by atoms with Crippen LogP contribution in [0.5, 0.6) is 0 Å². The number of fused-ring (bicyclic) bond motifs is 1. The van der Waals surface area contributed by atoms with E-state index in [-0.39, 0.29) is 11.7 Å². The number of rotatable bonds is 4. The van der Waals surface area contributed by atoms with Crippen LogP contribution in [0.2, 0.25) is 0 Å². The lowest BCUT2D eigenvalue weighted by Crippen LogP contribution is -2.26. The maximum Gasteiger partial charge on any atom is 0.290 e. The number of H-pyrrole nitrogens is 1. The normalized spacial score (nSPS) is 10.8. The topological polar surface area (TPSA) is 83.8 Å². The monoisotopic (exact) mass is 270 g/mol. The lowest BCUT2D eigenvalue weighted by Gasteiger charge is -2.01. The number of carbonyl (C=O) groups is 1. The molecule has 1 aromatic carbocycles. The maximum absolute atomic E-state index is 11.8. The minimum Gasteiger partial charge on any atom is -0.351 e. The second-order valence-electron chi connectivity index (χ2n) is 4.54. The molecule has 2 N–H and O–H groups in total. The molecular formula is C14H14N4O2. The summed E-state index contributed by atoms with van der Waals surface area (Å²) in [6.45, 7) is 2.27. The number of hydrogen-bond donors (Lipinski definition) is 2. The van der Waals surface area contributed by atoms with Crippen molar-refractivity contribution in [3.05, 3.63) is 47.6 Å². The highest BCUT2D eigenvalue weighted by atomic mass is 16.5. The minimum atomic E-state index is -0.254. The molecule has 0 radical (unpaired) electrons. The molecule has 0 bridgehead atoms. The van der Waals surface area contributed by atoms with Gasteiger partial charge in [0.25, 0.3) is 5.91 Å². The Labute approximate surface area is 115 Å². The van der Waals surface area contributed by atoms with Gasteiger partial charge in [0.15, 0.2) is 0 Å². The number of aromatic nitrogens is 3. The van der Waals surface area contributed by atoms with Crippen LogP contribution in [0.4, 0.5) is 0 Å². The van der Waals surface area contributed by atoms with E-state index >= 15 is 0 Å². The summed E-state index contributed by atoms with van der Waals surface area (Å²) in [4.78, 5) is 19.5. The Morgan fingerprint density at radius 3 is 3.00 bits per heavy atom. The molecule has 0 aliphatic heterocycles.